The molecular weight excluding hydrogens is 228 g/mol. The van der Waals surface area contributed by atoms with Crippen LogP contribution in [-0.4, -0.2) is 24.7 Å². The minimum atomic E-state index is -0.789. The van der Waals surface area contributed by atoms with Crippen LogP contribution in [0.25, 0.3) is 0 Å². The molecule has 1 atom stereocenters. The quantitative estimate of drug-likeness (QED) is 0.837. The molecule has 18 heavy (non-hydrogen) atoms. The second-order valence-electron chi connectivity index (χ2n) is 5.49. The Kier molecular flexibility index (Phi) is 3.41. The van der Waals surface area contributed by atoms with Gasteiger partial charge in [0.15, 0.2) is 0 Å². The average Bonchev–Trinajstić information content (AvgIpc) is 2.64. The van der Waals surface area contributed by atoms with Crippen LogP contribution in [0.4, 0.5) is 0 Å². The lowest BCUT2D eigenvalue weighted by Crippen LogP contribution is -2.63. The van der Waals surface area contributed by atoms with Gasteiger partial charge in [-0.3, -0.25) is 10.1 Å². The van der Waals surface area contributed by atoms with Crippen molar-refractivity contribution < 1.29 is 9.53 Å². The van der Waals surface area contributed by atoms with Crippen molar-refractivity contribution in [3.8, 4) is 0 Å². The third kappa shape index (κ3) is 2.13. The SMILES string of the molecule is CC1(C)COCC1(NCc1ccccc1)C(N)=O. The number of nitrogens with two attached hydrogens (primary N) is 1. The van der Waals surface area contributed by atoms with Gasteiger partial charge in [-0.25, -0.2) is 0 Å². The normalized spacial score (nSPS) is 26.1. The molecule has 4 nitrogen and oxygen atoms in total. The van der Waals surface area contributed by atoms with E-state index >= 15 is 0 Å². The number of amides is 1. The number of carbonyl (C=O) groups is 1. The maximum Gasteiger partial charge on any atom is 0.240 e. The molecular formula is C14H20N2O2. The van der Waals surface area contributed by atoms with Crippen LogP contribution in [0, 0.1) is 5.41 Å². The lowest BCUT2D eigenvalue weighted by atomic mass is 9.74. The summed E-state index contributed by atoms with van der Waals surface area (Å²) in [4.78, 5) is 11.8. The van der Waals surface area contributed by atoms with Crippen LogP contribution in [0.3, 0.4) is 0 Å². The Hall–Kier alpha value is -1.39. The molecule has 1 unspecified atom stereocenters. The Labute approximate surface area is 108 Å². The Balaban J connectivity index is 2.16. The van der Waals surface area contributed by atoms with Gasteiger partial charge in [0.2, 0.25) is 5.91 Å². The van der Waals surface area contributed by atoms with Gasteiger partial charge < -0.3 is 10.5 Å². The first-order chi connectivity index (χ1) is 8.48. The Morgan fingerprint density at radius 1 is 1.33 bits per heavy atom. The van der Waals surface area contributed by atoms with E-state index in [4.69, 9.17) is 10.5 Å². The number of rotatable bonds is 4. The van der Waals surface area contributed by atoms with Crippen molar-refractivity contribution in [3.05, 3.63) is 35.9 Å². The maximum atomic E-state index is 11.8. The summed E-state index contributed by atoms with van der Waals surface area (Å²) < 4.78 is 5.46. The fraction of sp³-hybridized carbons (Fsp3) is 0.500. The van der Waals surface area contributed by atoms with Crippen molar-refractivity contribution in [1.29, 1.82) is 0 Å². The van der Waals surface area contributed by atoms with E-state index < -0.39 is 5.54 Å². The summed E-state index contributed by atoms with van der Waals surface area (Å²) in [6.45, 7) is 5.49. The van der Waals surface area contributed by atoms with Crippen molar-refractivity contribution in [3.63, 3.8) is 0 Å². The van der Waals surface area contributed by atoms with Crippen LogP contribution in [0.2, 0.25) is 0 Å². The standard InChI is InChI=1S/C14H20N2O2/c1-13(2)9-18-10-14(13,12(15)17)16-8-11-6-4-3-5-7-11/h3-7,16H,8-10H2,1-2H3,(H2,15,17). The maximum absolute atomic E-state index is 11.8. The summed E-state index contributed by atoms with van der Waals surface area (Å²) in [6, 6.07) is 9.96. The second-order valence-corrected chi connectivity index (χ2v) is 5.49. The molecule has 1 aliphatic heterocycles. The van der Waals surface area contributed by atoms with Gasteiger partial charge in [0.25, 0.3) is 0 Å². The van der Waals surface area contributed by atoms with E-state index in [2.05, 4.69) is 5.32 Å². The summed E-state index contributed by atoms with van der Waals surface area (Å²) in [5.41, 5.74) is 5.63. The lowest BCUT2D eigenvalue weighted by molar-refractivity contribution is -0.127. The molecule has 0 aromatic heterocycles. The van der Waals surface area contributed by atoms with Gasteiger partial charge in [0, 0.05) is 12.0 Å². The first-order valence-corrected chi connectivity index (χ1v) is 6.15. The van der Waals surface area contributed by atoms with Crippen LogP contribution in [0.5, 0.6) is 0 Å². The molecule has 1 amide bonds. The molecule has 0 saturated carbocycles. The Morgan fingerprint density at radius 2 is 2.00 bits per heavy atom. The second kappa shape index (κ2) is 4.71. The molecule has 0 spiro atoms. The first kappa shape index (κ1) is 13.1. The first-order valence-electron chi connectivity index (χ1n) is 6.15. The van der Waals surface area contributed by atoms with Gasteiger partial charge in [0.05, 0.1) is 13.2 Å². The van der Waals surface area contributed by atoms with Crippen LogP contribution < -0.4 is 11.1 Å². The van der Waals surface area contributed by atoms with Gasteiger partial charge in [0.1, 0.15) is 5.54 Å². The molecule has 0 radical (unpaired) electrons. The molecule has 1 aliphatic rings. The zero-order valence-corrected chi connectivity index (χ0v) is 10.9. The van der Waals surface area contributed by atoms with Crippen LogP contribution >= 0.6 is 0 Å². The predicted molar refractivity (Wildman–Crippen MR) is 69.8 cm³/mol. The highest BCUT2D eigenvalue weighted by Crippen LogP contribution is 2.37. The number of nitrogens with one attached hydrogen (secondary N) is 1. The third-order valence-corrected chi connectivity index (χ3v) is 3.79. The average molecular weight is 248 g/mol. The monoisotopic (exact) mass is 248 g/mol. The van der Waals surface area contributed by atoms with Gasteiger partial charge >= 0.3 is 0 Å². The van der Waals surface area contributed by atoms with Gasteiger partial charge in [-0.1, -0.05) is 44.2 Å². The van der Waals surface area contributed by atoms with E-state index in [1.807, 2.05) is 44.2 Å². The summed E-state index contributed by atoms with van der Waals surface area (Å²) in [7, 11) is 0. The lowest BCUT2D eigenvalue weighted by Gasteiger charge is -2.37. The minimum Gasteiger partial charge on any atom is -0.378 e. The smallest absolute Gasteiger partial charge is 0.240 e. The molecule has 1 heterocycles. The molecule has 98 valence electrons. The number of hydrogen-bond donors (Lipinski definition) is 2. The van der Waals surface area contributed by atoms with Gasteiger partial charge in [-0.2, -0.15) is 0 Å². The van der Waals surface area contributed by atoms with E-state index in [1.54, 1.807) is 0 Å². The number of hydrogen-bond acceptors (Lipinski definition) is 3. The molecule has 1 saturated heterocycles. The topological polar surface area (TPSA) is 64.3 Å². The Bertz CT molecular complexity index is 431. The summed E-state index contributed by atoms with van der Waals surface area (Å²) in [5.74, 6) is -0.346. The zero-order valence-electron chi connectivity index (χ0n) is 10.9. The number of carbonyl (C=O) groups excluding carboxylic acids is 1. The molecule has 1 fully saturated rings. The zero-order chi connectivity index (χ0) is 13.2. The van der Waals surface area contributed by atoms with Gasteiger partial charge in [-0.15, -0.1) is 0 Å². The van der Waals surface area contributed by atoms with Crippen LogP contribution in [0.15, 0.2) is 30.3 Å². The number of primary amides is 1. The van der Waals surface area contributed by atoms with Crippen molar-refractivity contribution in [1.82, 2.24) is 5.32 Å². The van der Waals surface area contributed by atoms with Gasteiger partial charge in [-0.05, 0) is 5.56 Å². The molecule has 1 aromatic rings. The van der Waals surface area contributed by atoms with E-state index in [1.165, 1.54) is 0 Å². The predicted octanol–water partition coefficient (Wildman–Crippen LogP) is 1.06. The van der Waals surface area contributed by atoms with E-state index in [9.17, 15) is 4.79 Å². The molecule has 3 N–H and O–H groups in total. The fourth-order valence-corrected chi connectivity index (χ4v) is 2.41. The molecule has 2 rings (SSSR count). The highest BCUT2D eigenvalue weighted by atomic mass is 16.5. The molecule has 0 aliphatic carbocycles. The van der Waals surface area contributed by atoms with E-state index in [0.717, 1.165) is 5.56 Å². The van der Waals surface area contributed by atoms with Crippen molar-refractivity contribution in [2.24, 2.45) is 11.1 Å². The molecule has 4 heteroatoms. The minimum absolute atomic E-state index is 0.298. The fourth-order valence-electron chi connectivity index (χ4n) is 2.41. The molecule has 0 bridgehead atoms. The van der Waals surface area contributed by atoms with E-state index in [0.29, 0.717) is 19.8 Å². The summed E-state index contributed by atoms with van der Waals surface area (Å²) in [5, 5.41) is 3.30. The molecule has 1 aromatic carbocycles. The van der Waals surface area contributed by atoms with E-state index in [-0.39, 0.29) is 11.3 Å². The van der Waals surface area contributed by atoms with Crippen LogP contribution in [0.1, 0.15) is 19.4 Å². The number of benzene rings is 1. The van der Waals surface area contributed by atoms with Crippen molar-refractivity contribution >= 4 is 5.91 Å². The Morgan fingerprint density at radius 3 is 2.50 bits per heavy atom. The van der Waals surface area contributed by atoms with Crippen LogP contribution in [-0.2, 0) is 16.1 Å². The highest BCUT2D eigenvalue weighted by molar-refractivity contribution is 5.86. The third-order valence-electron chi connectivity index (χ3n) is 3.79. The summed E-state index contributed by atoms with van der Waals surface area (Å²) in [6.07, 6.45) is 0. The number of ether oxygens (including phenoxy) is 1. The van der Waals surface area contributed by atoms with Crippen molar-refractivity contribution in [2.75, 3.05) is 13.2 Å². The highest BCUT2D eigenvalue weighted by Gasteiger charge is 2.54. The summed E-state index contributed by atoms with van der Waals surface area (Å²) >= 11 is 0. The largest absolute Gasteiger partial charge is 0.378 e. The van der Waals surface area contributed by atoms with Crippen molar-refractivity contribution in [2.45, 2.75) is 25.9 Å².